The van der Waals surface area contributed by atoms with Crippen LogP contribution in [-0.2, 0) is 10.0 Å². The molecule has 2 aliphatic heterocycles. The van der Waals surface area contributed by atoms with Crippen LogP contribution < -0.4 is 4.72 Å². The van der Waals surface area contributed by atoms with Gasteiger partial charge in [-0.15, -0.1) is 0 Å². The number of sulfonamides is 1. The maximum atomic E-state index is 12.9. The number of nitrogens with one attached hydrogen (secondary N) is 1. The van der Waals surface area contributed by atoms with Gasteiger partial charge in [0, 0.05) is 30.9 Å². The highest BCUT2D eigenvalue weighted by atomic mass is 32.2. The SMILES string of the molecule is CC1CCN(CC2CCCN(C(=O)c3cccc(NS(C)(=O)=O)c3)C2)CC1. The van der Waals surface area contributed by atoms with Gasteiger partial charge in [-0.2, -0.15) is 0 Å². The van der Waals surface area contributed by atoms with Gasteiger partial charge in [0.25, 0.3) is 5.91 Å². The summed E-state index contributed by atoms with van der Waals surface area (Å²) in [6.07, 6.45) is 5.86. The van der Waals surface area contributed by atoms with E-state index in [1.165, 1.54) is 32.4 Å². The van der Waals surface area contributed by atoms with Crippen LogP contribution in [0, 0.1) is 11.8 Å². The fourth-order valence-electron chi connectivity index (χ4n) is 4.12. The number of nitrogens with zero attached hydrogens (tertiary/aromatic N) is 2. The normalized spacial score (nSPS) is 22.6. The molecule has 7 heteroatoms. The monoisotopic (exact) mass is 393 g/mol. The molecule has 1 atom stereocenters. The summed E-state index contributed by atoms with van der Waals surface area (Å²) in [6, 6.07) is 6.76. The number of carbonyl (C=O) groups is 1. The molecule has 2 aliphatic rings. The van der Waals surface area contributed by atoms with E-state index in [4.69, 9.17) is 0 Å². The van der Waals surface area contributed by atoms with Gasteiger partial charge in [-0.25, -0.2) is 8.42 Å². The van der Waals surface area contributed by atoms with Crippen LogP contribution in [0.3, 0.4) is 0 Å². The molecule has 1 aromatic rings. The van der Waals surface area contributed by atoms with Gasteiger partial charge in [-0.1, -0.05) is 13.0 Å². The second-order valence-corrected chi connectivity index (χ2v) is 9.95. The Balaban J connectivity index is 1.60. The van der Waals surface area contributed by atoms with Crippen LogP contribution >= 0.6 is 0 Å². The predicted molar refractivity (Wildman–Crippen MR) is 108 cm³/mol. The van der Waals surface area contributed by atoms with Gasteiger partial charge in [0.15, 0.2) is 0 Å². The van der Waals surface area contributed by atoms with Gasteiger partial charge in [-0.3, -0.25) is 9.52 Å². The molecular formula is C20H31N3O3S. The topological polar surface area (TPSA) is 69.7 Å². The summed E-state index contributed by atoms with van der Waals surface area (Å²) in [5.41, 5.74) is 0.968. The van der Waals surface area contributed by atoms with Crippen molar-refractivity contribution in [2.75, 3.05) is 43.7 Å². The largest absolute Gasteiger partial charge is 0.338 e. The molecule has 1 amide bonds. The molecule has 1 N–H and O–H groups in total. The lowest BCUT2D eigenvalue weighted by Gasteiger charge is -2.38. The maximum Gasteiger partial charge on any atom is 0.253 e. The lowest BCUT2D eigenvalue weighted by atomic mass is 9.94. The van der Waals surface area contributed by atoms with E-state index in [0.29, 0.717) is 17.2 Å². The van der Waals surface area contributed by atoms with Gasteiger partial charge in [-0.05, 0) is 68.8 Å². The van der Waals surface area contributed by atoms with Crippen molar-refractivity contribution in [3.8, 4) is 0 Å². The van der Waals surface area contributed by atoms with Crippen molar-refractivity contribution in [2.45, 2.75) is 32.6 Å². The molecule has 27 heavy (non-hydrogen) atoms. The van der Waals surface area contributed by atoms with E-state index < -0.39 is 10.0 Å². The molecule has 1 unspecified atom stereocenters. The molecule has 150 valence electrons. The summed E-state index contributed by atoms with van der Waals surface area (Å²) in [5.74, 6) is 1.34. The molecule has 0 saturated carbocycles. The molecule has 0 spiro atoms. The molecule has 6 nitrogen and oxygen atoms in total. The average molecular weight is 394 g/mol. The minimum Gasteiger partial charge on any atom is -0.338 e. The van der Waals surface area contributed by atoms with Crippen molar-refractivity contribution in [2.24, 2.45) is 11.8 Å². The molecule has 2 saturated heterocycles. The fraction of sp³-hybridized carbons (Fsp3) is 0.650. The summed E-state index contributed by atoms with van der Waals surface area (Å²) >= 11 is 0. The number of carbonyl (C=O) groups excluding carboxylic acids is 1. The smallest absolute Gasteiger partial charge is 0.253 e. The Hall–Kier alpha value is -1.60. The first kappa shape index (κ1) is 20.1. The number of anilines is 1. The van der Waals surface area contributed by atoms with E-state index >= 15 is 0 Å². The lowest BCUT2D eigenvalue weighted by Crippen LogP contribution is -2.45. The Kier molecular flexibility index (Phi) is 6.42. The van der Waals surface area contributed by atoms with Crippen molar-refractivity contribution in [3.05, 3.63) is 29.8 Å². The number of piperidine rings is 2. The summed E-state index contributed by atoms with van der Waals surface area (Å²) in [7, 11) is -3.35. The van der Waals surface area contributed by atoms with E-state index in [-0.39, 0.29) is 5.91 Å². The van der Waals surface area contributed by atoms with Gasteiger partial charge in [0.1, 0.15) is 0 Å². The van der Waals surface area contributed by atoms with Crippen molar-refractivity contribution in [1.82, 2.24) is 9.80 Å². The van der Waals surface area contributed by atoms with E-state index in [1.807, 2.05) is 4.90 Å². The Morgan fingerprint density at radius 2 is 1.93 bits per heavy atom. The highest BCUT2D eigenvalue weighted by Crippen LogP contribution is 2.23. The van der Waals surface area contributed by atoms with Crippen LogP contribution in [0.2, 0.25) is 0 Å². The Labute approximate surface area is 163 Å². The number of hydrogen-bond acceptors (Lipinski definition) is 4. The zero-order chi connectivity index (χ0) is 19.4. The Morgan fingerprint density at radius 3 is 2.63 bits per heavy atom. The second kappa shape index (κ2) is 8.61. The maximum absolute atomic E-state index is 12.9. The molecule has 0 bridgehead atoms. The summed E-state index contributed by atoms with van der Waals surface area (Å²) < 4.78 is 25.3. The molecule has 2 heterocycles. The van der Waals surface area contributed by atoms with Crippen molar-refractivity contribution < 1.29 is 13.2 Å². The summed E-state index contributed by atoms with van der Waals surface area (Å²) in [5, 5.41) is 0. The second-order valence-electron chi connectivity index (χ2n) is 8.20. The standard InChI is InChI=1S/C20H31N3O3S/c1-16-8-11-22(12-9-16)14-17-5-4-10-23(15-17)20(24)18-6-3-7-19(13-18)21-27(2,25)26/h3,6-7,13,16-17,21H,4-5,8-12,14-15H2,1-2H3. The Bertz CT molecular complexity index is 757. The number of likely N-dealkylation sites (tertiary alicyclic amines) is 2. The van der Waals surface area contributed by atoms with Crippen molar-refractivity contribution in [1.29, 1.82) is 0 Å². The molecule has 0 aromatic heterocycles. The van der Waals surface area contributed by atoms with E-state index in [9.17, 15) is 13.2 Å². The molecule has 1 aromatic carbocycles. The third-order valence-electron chi connectivity index (χ3n) is 5.61. The summed E-state index contributed by atoms with van der Waals surface area (Å²) in [4.78, 5) is 17.4. The first-order valence-electron chi connectivity index (χ1n) is 9.89. The van der Waals surface area contributed by atoms with Crippen LogP contribution in [-0.4, -0.2) is 63.1 Å². The molecule has 3 rings (SSSR count). The highest BCUT2D eigenvalue weighted by Gasteiger charge is 2.27. The van der Waals surface area contributed by atoms with Crippen LogP contribution in [0.5, 0.6) is 0 Å². The summed E-state index contributed by atoms with van der Waals surface area (Å²) in [6.45, 7) is 7.30. The predicted octanol–water partition coefficient (Wildman–Crippen LogP) is 2.64. The van der Waals surface area contributed by atoms with Gasteiger partial charge in [0.2, 0.25) is 10.0 Å². The lowest BCUT2D eigenvalue weighted by molar-refractivity contribution is 0.0622. The zero-order valence-corrected chi connectivity index (χ0v) is 17.2. The van der Waals surface area contributed by atoms with Crippen LogP contribution in [0.1, 0.15) is 43.0 Å². The molecule has 0 aliphatic carbocycles. The quantitative estimate of drug-likeness (QED) is 0.835. The van der Waals surface area contributed by atoms with Crippen LogP contribution in [0.15, 0.2) is 24.3 Å². The molecular weight excluding hydrogens is 362 g/mol. The first-order valence-corrected chi connectivity index (χ1v) is 11.8. The molecule has 2 fully saturated rings. The Morgan fingerprint density at radius 1 is 1.19 bits per heavy atom. The number of benzene rings is 1. The highest BCUT2D eigenvalue weighted by molar-refractivity contribution is 7.92. The number of rotatable bonds is 5. The van der Waals surface area contributed by atoms with Crippen LogP contribution in [0.25, 0.3) is 0 Å². The van der Waals surface area contributed by atoms with Gasteiger partial charge >= 0.3 is 0 Å². The molecule has 0 radical (unpaired) electrons. The minimum atomic E-state index is -3.35. The van der Waals surface area contributed by atoms with E-state index in [0.717, 1.165) is 38.2 Å². The van der Waals surface area contributed by atoms with E-state index in [2.05, 4.69) is 16.5 Å². The average Bonchev–Trinajstić information content (AvgIpc) is 2.62. The van der Waals surface area contributed by atoms with E-state index in [1.54, 1.807) is 24.3 Å². The van der Waals surface area contributed by atoms with Gasteiger partial charge in [0.05, 0.1) is 6.26 Å². The third kappa shape index (κ3) is 5.94. The number of hydrogen-bond donors (Lipinski definition) is 1. The fourth-order valence-corrected chi connectivity index (χ4v) is 4.68. The third-order valence-corrected chi connectivity index (χ3v) is 6.22. The number of amides is 1. The van der Waals surface area contributed by atoms with Gasteiger partial charge < -0.3 is 9.80 Å². The minimum absolute atomic E-state index is 0.0101. The van der Waals surface area contributed by atoms with Crippen molar-refractivity contribution >= 4 is 21.6 Å². The van der Waals surface area contributed by atoms with Crippen LogP contribution in [0.4, 0.5) is 5.69 Å². The first-order chi connectivity index (χ1) is 12.8. The van der Waals surface area contributed by atoms with Crippen molar-refractivity contribution in [3.63, 3.8) is 0 Å². The zero-order valence-electron chi connectivity index (χ0n) is 16.4.